The summed E-state index contributed by atoms with van der Waals surface area (Å²) in [7, 11) is 1.47. The van der Waals surface area contributed by atoms with E-state index in [1.165, 1.54) is 12.2 Å². The second-order valence-electron chi connectivity index (χ2n) is 8.00. The van der Waals surface area contributed by atoms with Crippen LogP contribution in [0.2, 0.25) is 0 Å². The minimum atomic E-state index is -0.600. The van der Waals surface area contributed by atoms with Crippen molar-refractivity contribution in [3.05, 3.63) is 35.9 Å². The lowest BCUT2D eigenvalue weighted by Gasteiger charge is -2.31. The molecule has 6 heteroatoms. The van der Waals surface area contributed by atoms with Crippen LogP contribution in [0, 0.1) is 5.41 Å². The maximum Gasteiger partial charge on any atom is 0.408 e. The topological polar surface area (TPSA) is 67.9 Å². The Morgan fingerprint density at radius 3 is 2.40 bits per heavy atom. The van der Waals surface area contributed by atoms with Crippen LogP contribution >= 0.6 is 0 Å². The summed E-state index contributed by atoms with van der Waals surface area (Å²) in [6, 6.07) is 8.81. The average molecular weight is 348 g/mol. The third-order valence-electron chi connectivity index (χ3n) is 4.21. The molecule has 1 aliphatic heterocycles. The molecular formula is C19H28N2O4. The van der Waals surface area contributed by atoms with E-state index in [-0.39, 0.29) is 11.9 Å². The van der Waals surface area contributed by atoms with Crippen LogP contribution in [-0.2, 0) is 14.4 Å². The van der Waals surface area contributed by atoms with E-state index < -0.39 is 23.2 Å². The molecule has 1 aromatic rings. The molecule has 0 bridgehead atoms. The maximum absolute atomic E-state index is 12.6. The summed E-state index contributed by atoms with van der Waals surface area (Å²) in [4.78, 5) is 30.3. The van der Waals surface area contributed by atoms with E-state index in [9.17, 15) is 9.59 Å². The van der Waals surface area contributed by atoms with Crippen molar-refractivity contribution in [3.8, 4) is 0 Å². The molecule has 0 saturated carbocycles. The van der Waals surface area contributed by atoms with Gasteiger partial charge in [-0.15, -0.1) is 0 Å². The molecule has 2 rings (SSSR count). The average Bonchev–Trinajstić information content (AvgIpc) is 2.74. The standard InChI is InChI=1S/C19H28N2O4/c1-18(2,3)25-17(23)20-15(13-10-8-7-9-11-13)14-12-19(4,5)16(22)21(14)24-6/h7-11,14-15H,12H2,1-6H3,(H,20,23)/t14-,15+/m1/s1. The van der Waals surface area contributed by atoms with E-state index in [0.717, 1.165) is 5.56 Å². The van der Waals surface area contributed by atoms with Crippen LogP contribution < -0.4 is 5.32 Å². The van der Waals surface area contributed by atoms with Gasteiger partial charge in [-0.3, -0.25) is 9.63 Å². The van der Waals surface area contributed by atoms with Crippen LogP contribution in [0.5, 0.6) is 0 Å². The molecule has 0 spiro atoms. The Hall–Kier alpha value is -2.08. The minimum absolute atomic E-state index is 0.0908. The van der Waals surface area contributed by atoms with Crippen LogP contribution in [0.1, 0.15) is 52.6 Å². The van der Waals surface area contributed by atoms with Gasteiger partial charge in [-0.25, -0.2) is 9.86 Å². The molecule has 0 unspecified atom stereocenters. The number of alkyl carbamates (subject to hydrolysis) is 1. The zero-order chi connectivity index (χ0) is 18.8. The molecule has 138 valence electrons. The number of hydrogen-bond donors (Lipinski definition) is 1. The van der Waals surface area contributed by atoms with E-state index in [2.05, 4.69) is 5.32 Å². The second kappa shape index (κ2) is 7.04. The Kier molecular flexibility index (Phi) is 5.42. The van der Waals surface area contributed by atoms with Crippen molar-refractivity contribution in [1.29, 1.82) is 0 Å². The first-order chi connectivity index (χ1) is 11.5. The van der Waals surface area contributed by atoms with Crippen molar-refractivity contribution in [1.82, 2.24) is 10.4 Å². The fourth-order valence-electron chi connectivity index (χ4n) is 3.11. The number of rotatable bonds is 4. The summed E-state index contributed by atoms with van der Waals surface area (Å²) < 4.78 is 5.40. The fraction of sp³-hybridized carbons (Fsp3) is 0.579. The maximum atomic E-state index is 12.6. The summed E-state index contributed by atoms with van der Waals surface area (Å²) in [5.41, 5.74) is -0.258. The van der Waals surface area contributed by atoms with Crippen LogP contribution in [-0.4, -0.2) is 35.8 Å². The van der Waals surface area contributed by atoms with Gasteiger partial charge in [-0.05, 0) is 32.8 Å². The number of amides is 2. The lowest BCUT2D eigenvalue weighted by atomic mass is 9.86. The number of carbonyl (C=O) groups is 2. The predicted octanol–water partition coefficient (Wildman–Crippen LogP) is 3.44. The van der Waals surface area contributed by atoms with E-state index in [1.807, 2.05) is 65.0 Å². The van der Waals surface area contributed by atoms with Gasteiger partial charge in [-0.1, -0.05) is 44.2 Å². The van der Waals surface area contributed by atoms with Crippen molar-refractivity contribution in [2.75, 3.05) is 7.11 Å². The Morgan fingerprint density at radius 1 is 1.28 bits per heavy atom. The van der Waals surface area contributed by atoms with E-state index in [1.54, 1.807) is 0 Å². The first-order valence-corrected chi connectivity index (χ1v) is 8.47. The third-order valence-corrected chi connectivity index (χ3v) is 4.21. The van der Waals surface area contributed by atoms with Crippen molar-refractivity contribution >= 4 is 12.0 Å². The molecule has 0 aromatic heterocycles. The minimum Gasteiger partial charge on any atom is -0.444 e. The quantitative estimate of drug-likeness (QED) is 0.905. The molecule has 2 amide bonds. The van der Waals surface area contributed by atoms with Gasteiger partial charge in [0.25, 0.3) is 5.91 Å². The molecule has 1 aliphatic rings. The molecule has 1 saturated heterocycles. The van der Waals surface area contributed by atoms with Crippen molar-refractivity contribution in [3.63, 3.8) is 0 Å². The summed E-state index contributed by atoms with van der Waals surface area (Å²) in [5, 5.41) is 4.29. The normalized spacial score (nSPS) is 21.1. The van der Waals surface area contributed by atoms with Gasteiger partial charge < -0.3 is 10.1 Å². The SMILES string of the molecule is CON1C(=O)C(C)(C)C[C@@H]1[C@@H](NC(=O)OC(C)(C)C)c1ccccc1. The highest BCUT2D eigenvalue weighted by atomic mass is 16.7. The van der Waals surface area contributed by atoms with Crippen molar-refractivity contribution in [2.24, 2.45) is 5.41 Å². The first-order valence-electron chi connectivity index (χ1n) is 8.47. The Balaban J connectivity index is 2.32. The lowest BCUT2D eigenvalue weighted by molar-refractivity contribution is -0.183. The lowest BCUT2D eigenvalue weighted by Crippen LogP contribution is -2.45. The zero-order valence-corrected chi connectivity index (χ0v) is 15.8. The number of nitrogens with zero attached hydrogens (tertiary/aromatic N) is 1. The van der Waals surface area contributed by atoms with Gasteiger partial charge in [0.15, 0.2) is 0 Å². The molecule has 1 fully saturated rings. The van der Waals surface area contributed by atoms with Crippen LogP contribution in [0.4, 0.5) is 4.79 Å². The van der Waals surface area contributed by atoms with Crippen molar-refractivity contribution in [2.45, 2.75) is 58.7 Å². The number of carbonyl (C=O) groups excluding carboxylic acids is 2. The highest BCUT2D eigenvalue weighted by Gasteiger charge is 2.49. The molecule has 1 aromatic carbocycles. The summed E-state index contributed by atoms with van der Waals surface area (Å²) in [6.45, 7) is 9.21. The van der Waals surface area contributed by atoms with Gasteiger partial charge in [0.2, 0.25) is 0 Å². The molecule has 2 atom stereocenters. The zero-order valence-electron chi connectivity index (χ0n) is 15.8. The number of nitrogens with one attached hydrogen (secondary N) is 1. The third kappa shape index (κ3) is 4.51. The van der Waals surface area contributed by atoms with Gasteiger partial charge in [0.05, 0.1) is 19.2 Å². The molecule has 0 radical (unpaired) electrons. The summed E-state index contributed by atoms with van der Waals surface area (Å²) >= 11 is 0. The van der Waals surface area contributed by atoms with Crippen molar-refractivity contribution < 1.29 is 19.2 Å². The highest BCUT2D eigenvalue weighted by Crippen LogP contribution is 2.40. The number of hydrogen-bond acceptors (Lipinski definition) is 4. The van der Waals surface area contributed by atoms with Gasteiger partial charge >= 0.3 is 6.09 Å². The first kappa shape index (κ1) is 19.2. The largest absolute Gasteiger partial charge is 0.444 e. The summed E-state index contributed by atoms with van der Waals surface area (Å²) in [5.74, 6) is -0.0908. The molecule has 25 heavy (non-hydrogen) atoms. The molecule has 0 aliphatic carbocycles. The predicted molar refractivity (Wildman–Crippen MR) is 94.6 cm³/mol. The Labute approximate surface area is 149 Å². The fourth-order valence-corrected chi connectivity index (χ4v) is 3.11. The van der Waals surface area contributed by atoms with Crippen LogP contribution in [0.25, 0.3) is 0 Å². The highest BCUT2D eigenvalue weighted by molar-refractivity contribution is 5.84. The van der Waals surface area contributed by atoms with Gasteiger partial charge in [0, 0.05) is 5.41 Å². The monoisotopic (exact) mass is 348 g/mol. The second-order valence-corrected chi connectivity index (χ2v) is 8.00. The van der Waals surface area contributed by atoms with Gasteiger partial charge in [-0.2, -0.15) is 0 Å². The Morgan fingerprint density at radius 2 is 1.88 bits per heavy atom. The van der Waals surface area contributed by atoms with Crippen LogP contribution in [0.3, 0.4) is 0 Å². The molecule has 1 heterocycles. The smallest absolute Gasteiger partial charge is 0.408 e. The number of ether oxygens (including phenoxy) is 1. The van der Waals surface area contributed by atoms with E-state index in [4.69, 9.17) is 9.57 Å². The van der Waals surface area contributed by atoms with Gasteiger partial charge in [0.1, 0.15) is 5.60 Å². The molecule has 1 N–H and O–H groups in total. The molecular weight excluding hydrogens is 320 g/mol. The number of benzene rings is 1. The van der Waals surface area contributed by atoms with E-state index >= 15 is 0 Å². The number of hydroxylamine groups is 2. The van der Waals surface area contributed by atoms with Crippen LogP contribution in [0.15, 0.2) is 30.3 Å². The Bertz CT molecular complexity index is 622. The molecule has 6 nitrogen and oxygen atoms in total. The summed E-state index contributed by atoms with van der Waals surface area (Å²) in [6.07, 6.45) is 0.0456. The van der Waals surface area contributed by atoms with E-state index in [0.29, 0.717) is 6.42 Å².